The Morgan fingerprint density at radius 2 is 2.12 bits per heavy atom. The smallest absolute Gasteiger partial charge is 0.127 e. The molecule has 3 N–H and O–H groups in total. The van der Waals surface area contributed by atoms with Crippen LogP contribution in [0.2, 0.25) is 0 Å². The third kappa shape index (κ3) is 3.98. The van der Waals surface area contributed by atoms with Crippen LogP contribution < -0.4 is 5.73 Å². The van der Waals surface area contributed by atoms with Crippen molar-refractivity contribution < 1.29 is 5.11 Å². The zero-order valence-corrected chi connectivity index (χ0v) is 10.8. The van der Waals surface area contributed by atoms with E-state index in [1.807, 2.05) is 12.1 Å². The van der Waals surface area contributed by atoms with Crippen LogP contribution >= 0.6 is 0 Å². The first-order valence-electron chi connectivity index (χ1n) is 6.27. The number of rotatable bonds is 7. The van der Waals surface area contributed by atoms with Gasteiger partial charge in [0.1, 0.15) is 5.82 Å². The average molecular weight is 237 g/mol. The SMILES string of the molecule is CCC(CC)N(CCO)Cc1cccnc1N. The Bertz CT molecular complexity index is 326. The highest BCUT2D eigenvalue weighted by atomic mass is 16.3. The van der Waals surface area contributed by atoms with Crippen molar-refractivity contribution in [2.75, 3.05) is 18.9 Å². The lowest BCUT2D eigenvalue weighted by molar-refractivity contribution is 0.136. The van der Waals surface area contributed by atoms with Crippen LogP contribution in [0.4, 0.5) is 5.82 Å². The van der Waals surface area contributed by atoms with Gasteiger partial charge in [-0.3, -0.25) is 4.90 Å². The molecule has 0 spiro atoms. The molecule has 0 aliphatic heterocycles. The van der Waals surface area contributed by atoms with Gasteiger partial charge < -0.3 is 10.8 Å². The van der Waals surface area contributed by atoms with Gasteiger partial charge in [0, 0.05) is 30.9 Å². The lowest BCUT2D eigenvalue weighted by Gasteiger charge is -2.30. The van der Waals surface area contributed by atoms with Gasteiger partial charge in [0.15, 0.2) is 0 Å². The van der Waals surface area contributed by atoms with Crippen LogP contribution in [0.3, 0.4) is 0 Å². The van der Waals surface area contributed by atoms with Crippen LogP contribution in [0.1, 0.15) is 32.3 Å². The van der Waals surface area contributed by atoms with Crippen LogP contribution in [0.15, 0.2) is 18.3 Å². The maximum atomic E-state index is 9.14. The van der Waals surface area contributed by atoms with Gasteiger partial charge in [-0.1, -0.05) is 19.9 Å². The molecule has 4 heteroatoms. The molecule has 0 unspecified atom stereocenters. The second kappa shape index (κ2) is 7.25. The van der Waals surface area contributed by atoms with Gasteiger partial charge in [0.05, 0.1) is 6.61 Å². The second-order valence-electron chi connectivity index (χ2n) is 4.21. The predicted octanol–water partition coefficient (Wildman–Crippen LogP) is 1.65. The molecule has 0 atom stereocenters. The van der Waals surface area contributed by atoms with Crippen molar-refractivity contribution in [3.05, 3.63) is 23.9 Å². The van der Waals surface area contributed by atoms with E-state index < -0.39 is 0 Å². The summed E-state index contributed by atoms with van der Waals surface area (Å²) in [5.41, 5.74) is 6.88. The van der Waals surface area contributed by atoms with E-state index in [9.17, 15) is 0 Å². The minimum atomic E-state index is 0.177. The fraction of sp³-hybridized carbons (Fsp3) is 0.615. The summed E-state index contributed by atoms with van der Waals surface area (Å²) in [5.74, 6) is 0.585. The zero-order chi connectivity index (χ0) is 12.7. The third-order valence-corrected chi connectivity index (χ3v) is 3.15. The summed E-state index contributed by atoms with van der Waals surface area (Å²) in [6.45, 7) is 5.96. The van der Waals surface area contributed by atoms with Gasteiger partial charge >= 0.3 is 0 Å². The van der Waals surface area contributed by atoms with Crippen molar-refractivity contribution in [3.63, 3.8) is 0 Å². The molecule has 1 aromatic heterocycles. The number of nitrogens with zero attached hydrogens (tertiary/aromatic N) is 2. The first kappa shape index (κ1) is 13.9. The van der Waals surface area contributed by atoms with Gasteiger partial charge in [0.25, 0.3) is 0 Å². The van der Waals surface area contributed by atoms with Crippen molar-refractivity contribution >= 4 is 5.82 Å². The van der Waals surface area contributed by atoms with E-state index in [-0.39, 0.29) is 6.61 Å². The molecule has 1 rings (SSSR count). The van der Waals surface area contributed by atoms with Gasteiger partial charge in [-0.25, -0.2) is 4.98 Å². The summed E-state index contributed by atoms with van der Waals surface area (Å²) in [5, 5.41) is 9.14. The Morgan fingerprint density at radius 3 is 2.65 bits per heavy atom. The highest BCUT2D eigenvalue weighted by molar-refractivity contribution is 5.38. The maximum absolute atomic E-state index is 9.14. The number of nitrogens with two attached hydrogens (primary N) is 1. The standard InChI is InChI=1S/C13H23N3O/c1-3-12(4-2)16(8-9-17)10-11-6-5-7-15-13(11)14/h5-7,12,17H,3-4,8-10H2,1-2H3,(H2,14,15). The Morgan fingerprint density at radius 1 is 1.41 bits per heavy atom. The quantitative estimate of drug-likeness (QED) is 0.757. The van der Waals surface area contributed by atoms with Crippen LogP contribution in [-0.2, 0) is 6.54 Å². The lowest BCUT2D eigenvalue weighted by Crippen LogP contribution is -2.36. The summed E-state index contributed by atoms with van der Waals surface area (Å²) < 4.78 is 0. The van der Waals surface area contributed by atoms with E-state index in [0.29, 0.717) is 18.4 Å². The number of aromatic nitrogens is 1. The number of aliphatic hydroxyl groups excluding tert-OH is 1. The van der Waals surface area contributed by atoms with E-state index in [1.165, 1.54) is 0 Å². The van der Waals surface area contributed by atoms with Crippen LogP contribution in [-0.4, -0.2) is 34.2 Å². The fourth-order valence-corrected chi connectivity index (χ4v) is 2.13. The molecule has 1 aromatic rings. The second-order valence-corrected chi connectivity index (χ2v) is 4.21. The number of pyridine rings is 1. The monoisotopic (exact) mass is 237 g/mol. The van der Waals surface area contributed by atoms with Gasteiger partial charge in [0.2, 0.25) is 0 Å². The summed E-state index contributed by atoms with van der Waals surface area (Å²) >= 11 is 0. The molecule has 4 nitrogen and oxygen atoms in total. The molecular formula is C13H23N3O. The zero-order valence-electron chi connectivity index (χ0n) is 10.8. The largest absolute Gasteiger partial charge is 0.395 e. The van der Waals surface area contributed by atoms with E-state index in [4.69, 9.17) is 10.8 Å². The minimum absolute atomic E-state index is 0.177. The topological polar surface area (TPSA) is 62.4 Å². The van der Waals surface area contributed by atoms with Crippen LogP contribution in [0, 0.1) is 0 Å². The normalized spacial score (nSPS) is 11.4. The Labute approximate surface area is 103 Å². The lowest BCUT2D eigenvalue weighted by atomic mass is 10.1. The number of aliphatic hydroxyl groups is 1. The van der Waals surface area contributed by atoms with E-state index >= 15 is 0 Å². The summed E-state index contributed by atoms with van der Waals surface area (Å²) in [7, 11) is 0. The fourth-order valence-electron chi connectivity index (χ4n) is 2.13. The Hall–Kier alpha value is -1.13. The maximum Gasteiger partial charge on any atom is 0.127 e. The third-order valence-electron chi connectivity index (χ3n) is 3.15. The van der Waals surface area contributed by atoms with Gasteiger partial charge in [-0.05, 0) is 18.9 Å². The summed E-state index contributed by atoms with van der Waals surface area (Å²) in [4.78, 5) is 6.36. The van der Waals surface area contributed by atoms with Crippen molar-refractivity contribution in [2.45, 2.75) is 39.3 Å². The number of anilines is 1. The molecular weight excluding hydrogens is 214 g/mol. The van der Waals surface area contributed by atoms with E-state index in [1.54, 1.807) is 6.20 Å². The van der Waals surface area contributed by atoms with E-state index in [2.05, 4.69) is 23.7 Å². The molecule has 0 fully saturated rings. The predicted molar refractivity (Wildman–Crippen MR) is 70.5 cm³/mol. The first-order chi connectivity index (χ1) is 8.22. The molecule has 96 valence electrons. The van der Waals surface area contributed by atoms with Crippen molar-refractivity contribution in [2.24, 2.45) is 0 Å². The molecule has 0 aliphatic carbocycles. The number of nitrogen functional groups attached to an aromatic ring is 1. The van der Waals surface area contributed by atoms with E-state index in [0.717, 1.165) is 24.9 Å². The van der Waals surface area contributed by atoms with Crippen molar-refractivity contribution in [3.8, 4) is 0 Å². The average Bonchev–Trinajstić information content (AvgIpc) is 2.34. The van der Waals surface area contributed by atoms with Crippen molar-refractivity contribution in [1.82, 2.24) is 9.88 Å². The van der Waals surface area contributed by atoms with Crippen LogP contribution in [0.25, 0.3) is 0 Å². The van der Waals surface area contributed by atoms with Gasteiger partial charge in [-0.2, -0.15) is 0 Å². The molecule has 1 heterocycles. The molecule has 0 aliphatic rings. The highest BCUT2D eigenvalue weighted by Crippen LogP contribution is 2.15. The Balaban J connectivity index is 2.75. The molecule has 0 saturated carbocycles. The summed E-state index contributed by atoms with van der Waals surface area (Å²) in [6.07, 6.45) is 3.86. The van der Waals surface area contributed by atoms with Crippen LogP contribution in [0.5, 0.6) is 0 Å². The molecule has 0 bridgehead atoms. The first-order valence-corrected chi connectivity index (χ1v) is 6.27. The number of hydrogen-bond donors (Lipinski definition) is 2. The molecule has 0 amide bonds. The molecule has 17 heavy (non-hydrogen) atoms. The number of hydrogen-bond acceptors (Lipinski definition) is 4. The van der Waals surface area contributed by atoms with Crippen molar-refractivity contribution in [1.29, 1.82) is 0 Å². The molecule has 0 saturated heterocycles. The Kier molecular flexibility index (Phi) is 5.94. The highest BCUT2D eigenvalue weighted by Gasteiger charge is 2.15. The van der Waals surface area contributed by atoms with Gasteiger partial charge in [-0.15, -0.1) is 0 Å². The molecule has 0 aromatic carbocycles. The molecule has 0 radical (unpaired) electrons. The minimum Gasteiger partial charge on any atom is -0.395 e. The summed E-state index contributed by atoms with van der Waals surface area (Å²) in [6, 6.07) is 4.38.